The third kappa shape index (κ3) is 2.89. The molecule has 0 saturated heterocycles. The fourth-order valence-electron chi connectivity index (χ4n) is 4.27. The Labute approximate surface area is 113 Å². The molecule has 1 fully saturated rings. The zero-order valence-electron chi connectivity index (χ0n) is 13.1. The van der Waals surface area contributed by atoms with Crippen LogP contribution in [0, 0.1) is 11.3 Å². The highest BCUT2D eigenvalue weighted by Crippen LogP contribution is 2.50. The maximum absolute atomic E-state index is 6.21. The van der Waals surface area contributed by atoms with E-state index in [-0.39, 0.29) is 5.54 Å². The number of likely N-dealkylation sites (N-methyl/N-ethyl adjacent to an activating group) is 1. The van der Waals surface area contributed by atoms with E-state index in [1.165, 1.54) is 12.8 Å². The molecule has 0 heterocycles. The summed E-state index contributed by atoms with van der Waals surface area (Å²) in [7, 11) is 1.78. The van der Waals surface area contributed by atoms with Crippen LogP contribution in [0.15, 0.2) is 0 Å². The van der Waals surface area contributed by atoms with Gasteiger partial charge in [-0.25, -0.2) is 0 Å². The second-order valence-electron chi connectivity index (χ2n) is 6.84. The van der Waals surface area contributed by atoms with Crippen molar-refractivity contribution in [1.29, 1.82) is 0 Å². The number of nitrogens with two attached hydrogens (primary N) is 1. The van der Waals surface area contributed by atoms with Crippen molar-refractivity contribution in [3.8, 4) is 0 Å². The molecular weight excluding hydrogens is 224 g/mol. The van der Waals surface area contributed by atoms with Gasteiger partial charge in [-0.15, -0.1) is 0 Å². The Kier molecular flexibility index (Phi) is 5.22. The van der Waals surface area contributed by atoms with E-state index >= 15 is 0 Å². The van der Waals surface area contributed by atoms with Gasteiger partial charge in [-0.05, 0) is 37.6 Å². The summed E-state index contributed by atoms with van der Waals surface area (Å²) in [6, 6.07) is 0.430. The van der Waals surface area contributed by atoms with Gasteiger partial charge in [0, 0.05) is 25.2 Å². The van der Waals surface area contributed by atoms with Gasteiger partial charge >= 0.3 is 0 Å². The number of ether oxygens (including phenoxy) is 1. The SMILES string of the molecule is CCN(C(C)COC)C1(CN)CC(C)(C)CC1C. The lowest BCUT2D eigenvalue weighted by Gasteiger charge is -2.47. The maximum atomic E-state index is 6.21. The lowest BCUT2D eigenvalue weighted by molar-refractivity contribution is -0.00104. The van der Waals surface area contributed by atoms with Gasteiger partial charge in [0.25, 0.3) is 0 Å². The molecular formula is C15H32N2O. The second-order valence-corrected chi connectivity index (χ2v) is 6.84. The van der Waals surface area contributed by atoms with Gasteiger partial charge in [-0.1, -0.05) is 27.7 Å². The van der Waals surface area contributed by atoms with Crippen LogP contribution in [0.1, 0.15) is 47.5 Å². The minimum Gasteiger partial charge on any atom is -0.383 e. The van der Waals surface area contributed by atoms with Gasteiger partial charge in [0.15, 0.2) is 0 Å². The molecule has 1 saturated carbocycles. The summed E-state index contributed by atoms with van der Waals surface area (Å²) >= 11 is 0. The Hall–Kier alpha value is -0.120. The standard InChI is InChI=1S/C15H32N2O/c1-7-17(13(3)9-18-6)15(11-16)10-14(4,5)8-12(15)2/h12-13H,7-11,16H2,1-6H3. The van der Waals surface area contributed by atoms with Crippen LogP contribution in [0.2, 0.25) is 0 Å². The molecule has 3 unspecified atom stereocenters. The fourth-order valence-corrected chi connectivity index (χ4v) is 4.27. The average molecular weight is 256 g/mol. The van der Waals surface area contributed by atoms with Crippen molar-refractivity contribution in [3.05, 3.63) is 0 Å². The van der Waals surface area contributed by atoms with Crippen molar-refractivity contribution in [2.45, 2.75) is 59.0 Å². The largest absolute Gasteiger partial charge is 0.383 e. The number of hydrogen-bond donors (Lipinski definition) is 1. The number of methoxy groups -OCH3 is 1. The van der Waals surface area contributed by atoms with Crippen LogP contribution in [0.5, 0.6) is 0 Å². The molecule has 0 radical (unpaired) electrons. The molecule has 0 aromatic carbocycles. The summed E-state index contributed by atoms with van der Waals surface area (Å²) in [6.07, 6.45) is 2.46. The lowest BCUT2D eigenvalue weighted by Crippen LogP contribution is -2.59. The molecule has 3 nitrogen and oxygen atoms in total. The first-order valence-corrected chi connectivity index (χ1v) is 7.28. The van der Waals surface area contributed by atoms with Crippen LogP contribution in [0.4, 0.5) is 0 Å². The summed E-state index contributed by atoms with van der Waals surface area (Å²) in [4.78, 5) is 2.58. The Bertz CT molecular complexity index is 267. The van der Waals surface area contributed by atoms with E-state index in [0.29, 0.717) is 17.4 Å². The second kappa shape index (κ2) is 5.89. The number of rotatable bonds is 6. The van der Waals surface area contributed by atoms with Crippen LogP contribution >= 0.6 is 0 Å². The molecule has 0 spiro atoms. The van der Waals surface area contributed by atoms with E-state index in [1.54, 1.807) is 7.11 Å². The molecule has 0 aromatic rings. The van der Waals surface area contributed by atoms with Gasteiger partial charge < -0.3 is 10.5 Å². The molecule has 3 atom stereocenters. The Morgan fingerprint density at radius 3 is 2.39 bits per heavy atom. The Balaban J connectivity index is 2.98. The zero-order valence-corrected chi connectivity index (χ0v) is 13.1. The number of hydrogen-bond acceptors (Lipinski definition) is 3. The first-order chi connectivity index (χ1) is 8.33. The normalized spacial score (nSPS) is 33.0. The highest BCUT2D eigenvalue weighted by molar-refractivity contribution is 5.06. The lowest BCUT2D eigenvalue weighted by atomic mass is 9.83. The Morgan fingerprint density at radius 2 is 2.06 bits per heavy atom. The molecule has 3 heteroatoms. The van der Waals surface area contributed by atoms with Gasteiger partial charge in [-0.3, -0.25) is 4.90 Å². The third-order valence-electron chi connectivity index (χ3n) is 4.77. The molecule has 1 rings (SSSR count). The monoisotopic (exact) mass is 256 g/mol. The molecule has 1 aliphatic carbocycles. The molecule has 0 bridgehead atoms. The van der Waals surface area contributed by atoms with Crippen molar-refractivity contribution in [3.63, 3.8) is 0 Å². The quantitative estimate of drug-likeness (QED) is 0.793. The smallest absolute Gasteiger partial charge is 0.0615 e. The topological polar surface area (TPSA) is 38.5 Å². The van der Waals surface area contributed by atoms with Crippen LogP contribution in [-0.2, 0) is 4.74 Å². The van der Waals surface area contributed by atoms with Crippen LogP contribution in [-0.4, -0.2) is 43.3 Å². The van der Waals surface area contributed by atoms with Crippen LogP contribution in [0.25, 0.3) is 0 Å². The third-order valence-corrected chi connectivity index (χ3v) is 4.77. The highest BCUT2D eigenvalue weighted by atomic mass is 16.5. The highest BCUT2D eigenvalue weighted by Gasteiger charge is 2.51. The van der Waals surface area contributed by atoms with E-state index in [1.807, 2.05) is 0 Å². The molecule has 0 aromatic heterocycles. The molecule has 1 aliphatic rings. The van der Waals surface area contributed by atoms with Gasteiger partial charge in [-0.2, -0.15) is 0 Å². The van der Waals surface area contributed by atoms with Gasteiger partial charge in [0.05, 0.1) is 6.61 Å². The van der Waals surface area contributed by atoms with Gasteiger partial charge in [0.1, 0.15) is 0 Å². The average Bonchev–Trinajstić information content (AvgIpc) is 2.50. The first kappa shape index (κ1) is 15.9. The van der Waals surface area contributed by atoms with Gasteiger partial charge in [0.2, 0.25) is 0 Å². The summed E-state index contributed by atoms with van der Waals surface area (Å²) in [5, 5.41) is 0. The summed E-state index contributed by atoms with van der Waals surface area (Å²) in [5.41, 5.74) is 6.76. The van der Waals surface area contributed by atoms with E-state index in [0.717, 1.165) is 19.7 Å². The van der Waals surface area contributed by atoms with Crippen molar-refractivity contribution < 1.29 is 4.74 Å². The molecule has 0 aliphatic heterocycles. The minimum atomic E-state index is 0.149. The predicted molar refractivity (Wildman–Crippen MR) is 77.7 cm³/mol. The Morgan fingerprint density at radius 1 is 1.44 bits per heavy atom. The van der Waals surface area contributed by atoms with Crippen LogP contribution in [0.3, 0.4) is 0 Å². The van der Waals surface area contributed by atoms with E-state index in [4.69, 9.17) is 10.5 Å². The molecule has 18 heavy (non-hydrogen) atoms. The van der Waals surface area contributed by atoms with Crippen molar-refractivity contribution in [2.75, 3.05) is 26.8 Å². The minimum absolute atomic E-state index is 0.149. The predicted octanol–water partition coefficient (Wildman–Crippen LogP) is 2.50. The van der Waals surface area contributed by atoms with Crippen molar-refractivity contribution in [2.24, 2.45) is 17.1 Å². The summed E-state index contributed by atoms with van der Waals surface area (Å²) in [5.74, 6) is 0.650. The number of nitrogens with zero attached hydrogens (tertiary/aromatic N) is 1. The summed E-state index contributed by atoms with van der Waals surface area (Å²) < 4.78 is 5.34. The van der Waals surface area contributed by atoms with E-state index < -0.39 is 0 Å². The van der Waals surface area contributed by atoms with Crippen molar-refractivity contribution in [1.82, 2.24) is 4.90 Å². The zero-order chi connectivity index (χ0) is 14.0. The van der Waals surface area contributed by atoms with Crippen LogP contribution < -0.4 is 5.73 Å². The fraction of sp³-hybridized carbons (Fsp3) is 1.00. The van der Waals surface area contributed by atoms with E-state index in [9.17, 15) is 0 Å². The molecule has 0 amide bonds. The first-order valence-electron chi connectivity index (χ1n) is 7.28. The molecule has 2 N–H and O–H groups in total. The van der Waals surface area contributed by atoms with Crippen molar-refractivity contribution >= 4 is 0 Å². The summed E-state index contributed by atoms with van der Waals surface area (Å²) in [6.45, 7) is 14.2. The molecule has 108 valence electrons. The van der Waals surface area contributed by atoms with E-state index in [2.05, 4.69) is 39.5 Å². The maximum Gasteiger partial charge on any atom is 0.0615 e.